The number of fused-ring (bicyclic) bond motifs is 8. The van der Waals surface area contributed by atoms with Crippen molar-refractivity contribution in [1.29, 1.82) is 0 Å². The number of hydrogen-bond acceptors (Lipinski definition) is 8. The van der Waals surface area contributed by atoms with Crippen molar-refractivity contribution in [2.45, 2.75) is 140 Å². The maximum atomic E-state index is 12.2. The summed E-state index contributed by atoms with van der Waals surface area (Å²) in [6.45, 7) is 9.67. The zero-order valence-electron chi connectivity index (χ0n) is 25.8. The monoisotopic (exact) mass is 560 g/mol. The molecule has 8 bridgehead atoms. The van der Waals surface area contributed by atoms with Crippen molar-refractivity contribution >= 4 is 11.9 Å². The molecule has 4 N–H and O–H groups in total. The Balaban J connectivity index is 1.40. The third kappa shape index (κ3) is 6.55. The van der Waals surface area contributed by atoms with Crippen LogP contribution in [0.25, 0.3) is 0 Å². The minimum Gasteiger partial charge on any atom is -0.469 e. The molecule has 5 fully saturated rings. The maximum absolute atomic E-state index is 12.2. The number of nitrogens with one attached hydrogen (secondary N) is 4. The van der Waals surface area contributed by atoms with Gasteiger partial charge in [-0.3, -0.25) is 9.59 Å². The molecule has 8 nitrogen and oxygen atoms in total. The largest absolute Gasteiger partial charge is 0.469 e. The van der Waals surface area contributed by atoms with Crippen LogP contribution in [0.4, 0.5) is 0 Å². The van der Waals surface area contributed by atoms with E-state index in [4.69, 9.17) is 9.47 Å². The SMILES string of the molecule is COC(=O)CCC1C2CC3NC(CC4NC(CC4C)CC4NC(CC4C)CC(N2)C1C)C(C)C3CCC(=O)OC. The fraction of sp³-hybridized carbons (Fsp3) is 0.938. The van der Waals surface area contributed by atoms with Gasteiger partial charge in [-0.25, -0.2) is 0 Å². The van der Waals surface area contributed by atoms with E-state index in [0.717, 1.165) is 32.1 Å². The van der Waals surface area contributed by atoms with Crippen LogP contribution in [0, 0.1) is 35.5 Å². The van der Waals surface area contributed by atoms with Crippen LogP contribution in [0.15, 0.2) is 0 Å². The molecular formula is C32H56N4O4. The third-order valence-electron chi connectivity index (χ3n) is 12.0. The van der Waals surface area contributed by atoms with Crippen LogP contribution in [0.1, 0.15) is 91.9 Å². The minimum absolute atomic E-state index is 0.109. The summed E-state index contributed by atoms with van der Waals surface area (Å²) >= 11 is 0. The summed E-state index contributed by atoms with van der Waals surface area (Å²) in [6, 6.07) is 3.84. The summed E-state index contributed by atoms with van der Waals surface area (Å²) in [4.78, 5) is 24.3. The number of carbonyl (C=O) groups is 2. The second-order valence-corrected chi connectivity index (χ2v) is 14.3. The Labute approximate surface area is 242 Å². The van der Waals surface area contributed by atoms with Gasteiger partial charge in [-0.05, 0) is 86.9 Å². The minimum atomic E-state index is -0.109. The molecule has 40 heavy (non-hydrogen) atoms. The molecule has 5 saturated heterocycles. The lowest BCUT2D eigenvalue weighted by atomic mass is 9.78. The van der Waals surface area contributed by atoms with Crippen LogP contribution in [-0.2, 0) is 19.1 Å². The number of carbonyl (C=O) groups excluding carboxylic acids is 2. The smallest absolute Gasteiger partial charge is 0.305 e. The van der Waals surface area contributed by atoms with E-state index in [1.807, 2.05) is 0 Å². The Kier molecular flexibility index (Phi) is 9.80. The number of hydrogen-bond donors (Lipinski definition) is 4. The highest BCUT2D eigenvalue weighted by Crippen LogP contribution is 2.42. The van der Waals surface area contributed by atoms with Gasteiger partial charge in [-0.2, -0.15) is 0 Å². The summed E-state index contributed by atoms with van der Waals surface area (Å²) in [5.74, 6) is 3.03. The van der Waals surface area contributed by atoms with Crippen molar-refractivity contribution < 1.29 is 19.1 Å². The lowest BCUT2D eigenvalue weighted by Gasteiger charge is -2.28. The Morgan fingerprint density at radius 1 is 0.550 bits per heavy atom. The van der Waals surface area contributed by atoms with E-state index in [1.165, 1.54) is 33.5 Å². The van der Waals surface area contributed by atoms with Gasteiger partial charge in [0, 0.05) is 61.2 Å². The van der Waals surface area contributed by atoms with Crippen LogP contribution < -0.4 is 21.3 Å². The van der Waals surface area contributed by atoms with Gasteiger partial charge in [-0.1, -0.05) is 27.7 Å². The standard InChI is InChI=1S/C32H56N4O4/c1-17-11-22-14-27-19(3)23(7-9-31(37)39-5)29(35-27)16-30-24(8-10-32(38)40-6)20(4)28(36-30)15-26-18(2)12-21(34-26)13-25(17)33-22/h17-30,33-36H,7-16H2,1-6H3. The Morgan fingerprint density at radius 3 is 1.43 bits per heavy atom. The van der Waals surface area contributed by atoms with Gasteiger partial charge in [0.2, 0.25) is 0 Å². The lowest BCUT2D eigenvalue weighted by molar-refractivity contribution is -0.141. The van der Waals surface area contributed by atoms with Crippen LogP contribution in [0.2, 0.25) is 0 Å². The van der Waals surface area contributed by atoms with Crippen LogP contribution in [0.3, 0.4) is 0 Å². The van der Waals surface area contributed by atoms with Gasteiger partial charge < -0.3 is 30.7 Å². The van der Waals surface area contributed by atoms with E-state index < -0.39 is 0 Å². The maximum Gasteiger partial charge on any atom is 0.305 e. The summed E-state index contributed by atoms with van der Waals surface area (Å²) in [7, 11) is 2.99. The quantitative estimate of drug-likeness (QED) is 0.367. The molecule has 0 radical (unpaired) electrons. The van der Waals surface area contributed by atoms with Crippen LogP contribution >= 0.6 is 0 Å². The van der Waals surface area contributed by atoms with Gasteiger partial charge in [-0.15, -0.1) is 0 Å². The second kappa shape index (κ2) is 13.0. The first-order valence-electron chi connectivity index (χ1n) is 16.3. The number of ether oxygens (including phenoxy) is 2. The van der Waals surface area contributed by atoms with E-state index in [1.54, 1.807) is 0 Å². The number of rotatable bonds is 6. The van der Waals surface area contributed by atoms with Gasteiger partial charge in [0.25, 0.3) is 0 Å². The van der Waals surface area contributed by atoms with E-state index in [2.05, 4.69) is 49.0 Å². The Morgan fingerprint density at radius 2 is 0.950 bits per heavy atom. The first kappa shape index (κ1) is 30.2. The summed E-state index contributed by atoms with van der Waals surface area (Å²) in [6.07, 6.45) is 9.74. The average Bonchev–Trinajstić information content (AvgIpc) is 3.62. The highest BCUT2D eigenvalue weighted by molar-refractivity contribution is 5.69. The molecule has 14 atom stereocenters. The molecule has 0 amide bonds. The van der Waals surface area contributed by atoms with Crippen molar-refractivity contribution in [3.8, 4) is 0 Å². The number of methoxy groups -OCH3 is 2. The first-order valence-corrected chi connectivity index (χ1v) is 16.3. The van der Waals surface area contributed by atoms with Crippen LogP contribution in [-0.4, -0.2) is 74.5 Å². The molecule has 0 spiro atoms. The van der Waals surface area contributed by atoms with Gasteiger partial charge in [0.05, 0.1) is 14.2 Å². The van der Waals surface area contributed by atoms with Gasteiger partial charge in [0.15, 0.2) is 0 Å². The number of esters is 2. The predicted octanol–water partition coefficient (Wildman–Crippen LogP) is 3.39. The zero-order valence-corrected chi connectivity index (χ0v) is 25.8. The highest BCUT2D eigenvalue weighted by Gasteiger charge is 2.48. The van der Waals surface area contributed by atoms with Gasteiger partial charge in [0.1, 0.15) is 0 Å². The zero-order chi connectivity index (χ0) is 28.6. The summed E-state index contributed by atoms with van der Waals surface area (Å²) < 4.78 is 10.1. The third-order valence-corrected chi connectivity index (χ3v) is 12.0. The first-order chi connectivity index (χ1) is 19.2. The van der Waals surface area contributed by atoms with E-state index in [0.29, 0.717) is 96.7 Å². The second-order valence-electron chi connectivity index (χ2n) is 14.3. The average molecular weight is 561 g/mol. The molecule has 0 aromatic carbocycles. The molecule has 0 aromatic heterocycles. The molecule has 5 heterocycles. The summed E-state index contributed by atoms with van der Waals surface area (Å²) in [5.41, 5.74) is 0. The molecule has 0 saturated carbocycles. The molecule has 8 heteroatoms. The van der Waals surface area contributed by atoms with Crippen molar-refractivity contribution in [2.24, 2.45) is 35.5 Å². The molecule has 0 aliphatic carbocycles. The molecule has 228 valence electrons. The molecule has 0 aromatic rings. The van der Waals surface area contributed by atoms with Crippen molar-refractivity contribution in [1.82, 2.24) is 21.3 Å². The van der Waals surface area contributed by atoms with E-state index in [9.17, 15) is 9.59 Å². The van der Waals surface area contributed by atoms with E-state index in [-0.39, 0.29) is 11.9 Å². The van der Waals surface area contributed by atoms with E-state index >= 15 is 0 Å². The molecule has 14 unspecified atom stereocenters. The lowest BCUT2D eigenvalue weighted by Crippen LogP contribution is -2.45. The molecular weight excluding hydrogens is 504 g/mol. The normalized spacial score (nSPS) is 46.9. The fourth-order valence-electron chi connectivity index (χ4n) is 9.57. The van der Waals surface area contributed by atoms with Crippen molar-refractivity contribution in [3.05, 3.63) is 0 Å². The van der Waals surface area contributed by atoms with Crippen molar-refractivity contribution in [3.63, 3.8) is 0 Å². The van der Waals surface area contributed by atoms with Crippen molar-refractivity contribution in [2.75, 3.05) is 14.2 Å². The fourth-order valence-corrected chi connectivity index (χ4v) is 9.57. The predicted molar refractivity (Wildman–Crippen MR) is 157 cm³/mol. The van der Waals surface area contributed by atoms with Gasteiger partial charge >= 0.3 is 11.9 Å². The highest BCUT2D eigenvalue weighted by atomic mass is 16.5. The molecule has 5 aliphatic rings. The molecule has 5 aliphatic heterocycles. The molecule has 5 rings (SSSR count). The summed E-state index contributed by atoms with van der Waals surface area (Å²) in [5, 5.41) is 16.4. The Hall–Kier alpha value is -1.22. The van der Waals surface area contributed by atoms with Crippen LogP contribution in [0.5, 0.6) is 0 Å². The Bertz CT molecular complexity index is 887. The topological polar surface area (TPSA) is 101 Å².